The second kappa shape index (κ2) is 3.22. The zero-order valence-corrected chi connectivity index (χ0v) is 7.02. The number of carbonyl (C=O) groups is 1. The quantitative estimate of drug-likeness (QED) is 0.621. The van der Waals surface area contributed by atoms with E-state index in [-0.39, 0.29) is 5.91 Å². The summed E-state index contributed by atoms with van der Waals surface area (Å²) in [5, 5.41) is 2.81. The predicted octanol–water partition coefficient (Wildman–Crippen LogP) is 0.394. The molecule has 0 radical (unpaired) electrons. The zero-order valence-electron chi connectivity index (χ0n) is 7.02. The number of nitrogens with two attached hydrogens (primary N) is 1. The number of carbonyl (C=O) groups excluding carboxylic acids is 1. The van der Waals surface area contributed by atoms with Crippen LogP contribution in [0.2, 0.25) is 0 Å². The molecule has 0 unspecified atom stereocenters. The first-order valence-electron chi connectivity index (χ1n) is 4.26. The molecular weight excluding hydrogens is 140 g/mol. The highest BCUT2D eigenvalue weighted by molar-refractivity contribution is 5.86. The van der Waals surface area contributed by atoms with Crippen LogP contribution in [0.1, 0.15) is 32.6 Å². The van der Waals surface area contributed by atoms with Gasteiger partial charge in [-0.3, -0.25) is 4.79 Å². The molecule has 0 aromatic heterocycles. The van der Waals surface area contributed by atoms with Crippen molar-refractivity contribution in [3.05, 3.63) is 0 Å². The van der Waals surface area contributed by atoms with Crippen molar-refractivity contribution in [2.75, 3.05) is 6.54 Å². The highest BCUT2D eigenvalue weighted by atomic mass is 16.2. The van der Waals surface area contributed by atoms with E-state index in [1.807, 2.05) is 6.92 Å². The average molecular weight is 156 g/mol. The summed E-state index contributed by atoms with van der Waals surface area (Å²) < 4.78 is 0. The van der Waals surface area contributed by atoms with Crippen molar-refractivity contribution in [3.8, 4) is 0 Å². The second-order valence-electron chi connectivity index (χ2n) is 3.27. The molecule has 1 fully saturated rings. The fourth-order valence-corrected chi connectivity index (χ4v) is 1.20. The summed E-state index contributed by atoms with van der Waals surface area (Å²) in [7, 11) is 0. The van der Waals surface area contributed by atoms with Gasteiger partial charge < -0.3 is 11.1 Å². The van der Waals surface area contributed by atoms with Gasteiger partial charge in [-0.2, -0.15) is 0 Å². The molecular formula is C8H16N2O. The highest BCUT2D eigenvalue weighted by Gasteiger charge is 2.39. The van der Waals surface area contributed by atoms with E-state index in [1.54, 1.807) is 0 Å². The number of amides is 1. The summed E-state index contributed by atoms with van der Waals surface area (Å²) in [4.78, 5) is 11.3. The monoisotopic (exact) mass is 156 g/mol. The number of hydrogen-bond acceptors (Lipinski definition) is 2. The van der Waals surface area contributed by atoms with Crippen LogP contribution in [0.5, 0.6) is 0 Å². The van der Waals surface area contributed by atoms with Crippen molar-refractivity contribution in [1.82, 2.24) is 5.32 Å². The van der Waals surface area contributed by atoms with E-state index in [0.717, 1.165) is 32.2 Å². The van der Waals surface area contributed by atoms with E-state index < -0.39 is 5.54 Å². The lowest BCUT2D eigenvalue weighted by molar-refractivity contribution is -0.129. The smallest absolute Gasteiger partial charge is 0.240 e. The third-order valence-corrected chi connectivity index (χ3v) is 2.23. The lowest BCUT2D eigenvalue weighted by Crippen LogP contribution is -2.58. The van der Waals surface area contributed by atoms with Crippen molar-refractivity contribution in [2.45, 2.75) is 38.1 Å². The number of hydrogen-bond donors (Lipinski definition) is 2. The minimum atomic E-state index is -0.519. The van der Waals surface area contributed by atoms with Crippen LogP contribution in [0.25, 0.3) is 0 Å². The van der Waals surface area contributed by atoms with Gasteiger partial charge in [0.25, 0.3) is 0 Å². The molecule has 0 bridgehead atoms. The topological polar surface area (TPSA) is 55.1 Å². The van der Waals surface area contributed by atoms with Crippen molar-refractivity contribution in [2.24, 2.45) is 5.73 Å². The zero-order chi connectivity index (χ0) is 8.32. The molecule has 1 rings (SSSR count). The van der Waals surface area contributed by atoms with Crippen LogP contribution < -0.4 is 11.1 Å². The summed E-state index contributed by atoms with van der Waals surface area (Å²) >= 11 is 0. The Morgan fingerprint density at radius 1 is 1.64 bits per heavy atom. The van der Waals surface area contributed by atoms with Gasteiger partial charge in [0.1, 0.15) is 0 Å². The Kier molecular flexibility index (Phi) is 2.49. The Labute approximate surface area is 67.3 Å². The van der Waals surface area contributed by atoms with E-state index in [0.29, 0.717) is 0 Å². The molecule has 1 amide bonds. The Morgan fingerprint density at radius 3 is 2.64 bits per heavy atom. The molecule has 64 valence electrons. The van der Waals surface area contributed by atoms with Gasteiger partial charge in [-0.05, 0) is 25.7 Å². The summed E-state index contributed by atoms with van der Waals surface area (Å²) in [5.41, 5.74) is 5.26. The molecule has 3 nitrogen and oxygen atoms in total. The van der Waals surface area contributed by atoms with Crippen LogP contribution in [0, 0.1) is 0 Å². The van der Waals surface area contributed by atoms with Crippen molar-refractivity contribution in [3.63, 3.8) is 0 Å². The van der Waals surface area contributed by atoms with Gasteiger partial charge in [0.2, 0.25) is 5.91 Å². The Hall–Kier alpha value is -0.570. The molecule has 0 aliphatic heterocycles. The van der Waals surface area contributed by atoms with E-state index >= 15 is 0 Å². The summed E-state index contributed by atoms with van der Waals surface area (Å²) in [6.45, 7) is 2.78. The van der Waals surface area contributed by atoms with E-state index in [4.69, 9.17) is 5.73 Å². The average Bonchev–Trinajstić information content (AvgIpc) is 1.95. The van der Waals surface area contributed by atoms with Gasteiger partial charge in [-0.1, -0.05) is 6.92 Å². The molecule has 0 spiro atoms. The molecule has 1 aliphatic carbocycles. The van der Waals surface area contributed by atoms with E-state index in [1.165, 1.54) is 0 Å². The van der Waals surface area contributed by atoms with Crippen LogP contribution in [0.3, 0.4) is 0 Å². The third kappa shape index (κ3) is 1.71. The summed E-state index contributed by atoms with van der Waals surface area (Å²) in [6, 6.07) is 0. The highest BCUT2D eigenvalue weighted by Crippen LogP contribution is 2.28. The second-order valence-corrected chi connectivity index (χ2v) is 3.27. The molecule has 1 saturated carbocycles. The molecule has 0 saturated heterocycles. The fourth-order valence-electron chi connectivity index (χ4n) is 1.20. The molecule has 0 atom stereocenters. The molecule has 0 aromatic rings. The molecule has 0 heterocycles. The third-order valence-electron chi connectivity index (χ3n) is 2.23. The molecule has 1 aliphatic rings. The van der Waals surface area contributed by atoms with Gasteiger partial charge in [-0.15, -0.1) is 0 Å². The van der Waals surface area contributed by atoms with E-state index in [9.17, 15) is 4.79 Å². The SMILES string of the molecule is CCCNC(=O)C1(N)CCC1. The van der Waals surface area contributed by atoms with Crippen LogP contribution in [0.15, 0.2) is 0 Å². The number of nitrogens with one attached hydrogen (secondary N) is 1. The van der Waals surface area contributed by atoms with Gasteiger partial charge in [0.15, 0.2) is 0 Å². The predicted molar refractivity (Wildman–Crippen MR) is 44.1 cm³/mol. The maximum Gasteiger partial charge on any atom is 0.240 e. The lowest BCUT2D eigenvalue weighted by atomic mass is 9.77. The number of rotatable bonds is 3. The lowest BCUT2D eigenvalue weighted by Gasteiger charge is -2.36. The first-order chi connectivity index (χ1) is 5.19. The molecule has 0 aromatic carbocycles. The Bertz CT molecular complexity index is 152. The minimum Gasteiger partial charge on any atom is -0.355 e. The van der Waals surface area contributed by atoms with Crippen LogP contribution in [-0.2, 0) is 4.79 Å². The molecule has 11 heavy (non-hydrogen) atoms. The summed E-state index contributed by atoms with van der Waals surface area (Å²) in [5.74, 6) is 0.0330. The first kappa shape index (κ1) is 8.53. The maximum atomic E-state index is 11.3. The van der Waals surface area contributed by atoms with Crippen molar-refractivity contribution in [1.29, 1.82) is 0 Å². The first-order valence-corrected chi connectivity index (χ1v) is 4.26. The fraction of sp³-hybridized carbons (Fsp3) is 0.875. The van der Waals surface area contributed by atoms with Gasteiger partial charge in [0.05, 0.1) is 5.54 Å². The Balaban J connectivity index is 2.28. The van der Waals surface area contributed by atoms with Crippen molar-refractivity contribution < 1.29 is 4.79 Å². The van der Waals surface area contributed by atoms with E-state index in [2.05, 4.69) is 5.32 Å². The molecule has 3 heteroatoms. The van der Waals surface area contributed by atoms with Gasteiger partial charge in [0, 0.05) is 6.54 Å². The standard InChI is InChI=1S/C8H16N2O/c1-2-6-10-7(11)8(9)4-3-5-8/h2-6,9H2,1H3,(H,10,11). The van der Waals surface area contributed by atoms with Gasteiger partial charge in [-0.25, -0.2) is 0 Å². The largest absolute Gasteiger partial charge is 0.355 e. The summed E-state index contributed by atoms with van der Waals surface area (Å²) in [6.07, 6.45) is 3.77. The van der Waals surface area contributed by atoms with Crippen molar-refractivity contribution >= 4 is 5.91 Å². The minimum absolute atomic E-state index is 0.0330. The molecule has 3 N–H and O–H groups in total. The normalized spacial score (nSPS) is 20.5. The van der Waals surface area contributed by atoms with Crippen LogP contribution >= 0.6 is 0 Å². The maximum absolute atomic E-state index is 11.3. The Morgan fingerprint density at radius 2 is 2.27 bits per heavy atom. The van der Waals surface area contributed by atoms with Crippen LogP contribution in [0.4, 0.5) is 0 Å². The van der Waals surface area contributed by atoms with Crippen LogP contribution in [-0.4, -0.2) is 18.0 Å². The van der Waals surface area contributed by atoms with Gasteiger partial charge >= 0.3 is 0 Å².